The first-order valence-corrected chi connectivity index (χ1v) is 6.91. The van der Waals surface area contributed by atoms with E-state index in [-0.39, 0.29) is 18.2 Å². The zero-order valence-corrected chi connectivity index (χ0v) is 10.7. The SMILES string of the molecule is O=S(=O)(NCCc1ncno1)c1ccc(CO)cn1. The lowest BCUT2D eigenvalue weighted by Gasteiger charge is -2.05. The first-order chi connectivity index (χ1) is 9.12. The molecule has 2 aromatic rings. The summed E-state index contributed by atoms with van der Waals surface area (Å²) in [6.45, 7) is -0.0497. The Balaban J connectivity index is 1.97. The van der Waals surface area contributed by atoms with Gasteiger partial charge in [-0.15, -0.1) is 0 Å². The number of hydrogen-bond donors (Lipinski definition) is 2. The standard InChI is InChI=1S/C10H12N4O4S/c15-6-8-1-2-10(11-5-8)19(16,17)14-4-3-9-12-7-13-18-9/h1-2,5,7,14-15H,3-4,6H2. The number of hydrogen-bond acceptors (Lipinski definition) is 7. The molecule has 19 heavy (non-hydrogen) atoms. The normalized spacial score (nSPS) is 11.6. The van der Waals surface area contributed by atoms with Gasteiger partial charge in [-0.2, -0.15) is 4.98 Å². The lowest BCUT2D eigenvalue weighted by atomic mass is 10.3. The number of nitrogens with zero attached hydrogens (tertiary/aromatic N) is 3. The molecule has 0 amide bonds. The number of sulfonamides is 1. The summed E-state index contributed by atoms with van der Waals surface area (Å²) < 4.78 is 30.8. The summed E-state index contributed by atoms with van der Waals surface area (Å²) in [4.78, 5) is 7.55. The number of aliphatic hydroxyl groups is 1. The number of pyridine rings is 1. The van der Waals surface area contributed by atoms with Crippen LogP contribution in [0.3, 0.4) is 0 Å². The molecule has 2 heterocycles. The van der Waals surface area contributed by atoms with Crippen LogP contribution in [0.1, 0.15) is 11.5 Å². The molecule has 0 atom stereocenters. The van der Waals surface area contributed by atoms with Crippen LogP contribution in [0, 0.1) is 0 Å². The van der Waals surface area contributed by atoms with Crippen LogP contribution in [0.25, 0.3) is 0 Å². The predicted molar refractivity (Wildman–Crippen MR) is 63.4 cm³/mol. The molecule has 102 valence electrons. The highest BCUT2D eigenvalue weighted by Crippen LogP contribution is 2.06. The summed E-state index contributed by atoms with van der Waals surface area (Å²) in [6.07, 6.45) is 2.86. The largest absolute Gasteiger partial charge is 0.392 e. The summed E-state index contributed by atoms with van der Waals surface area (Å²) in [5.74, 6) is 0.353. The van der Waals surface area contributed by atoms with Gasteiger partial charge in [-0.1, -0.05) is 11.2 Å². The Morgan fingerprint density at radius 2 is 2.16 bits per heavy atom. The highest BCUT2D eigenvalue weighted by Gasteiger charge is 2.15. The highest BCUT2D eigenvalue weighted by atomic mass is 32.2. The Kier molecular flexibility index (Phi) is 4.20. The van der Waals surface area contributed by atoms with Gasteiger partial charge in [0.15, 0.2) is 11.4 Å². The summed E-state index contributed by atoms with van der Waals surface area (Å²) in [5, 5.41) is 12.2. The van der Waals surface area contributed by atoms with E-state index in [0.717, 1.165) is 0 Å². The third-order valence-corrected chi connectivity index (χ3v) is 3.67. The Morgan fingerprint density at radius 1 is 1.32 bits per heavy atom. The number of aliphatic hydroxyl groups excluding tert-OH is 1. The lowest BCUT2D eigenvalue weighted by molar-refractivity contribution is 0.281. The van der Waals surface area contributed by atoms with Crippen molar-refractivity contribution in [3.05, 3.63) is 36.1 Å². The molecule has 0 bridgehead atoms. The molecule has 2 N–H and O–H groups in total. The average Bonchev–Trinajstić information content (AvgIpc) is 2.92. The van der Waals surface area contributed by atoms with Gasteiger partial charge in [0.05, 0.1) is 6.61 Å². The van der Waals surface area contributed by atoms with Crippen molar-refractivity contribution < 1.29 is 18.0 Å². The van der Waals surface area contributed by atoms with Crippen LogP contribution >= 0.6 is 0 Å². The summed E-state index contributed by atoms with van der Waals surface area (Å²) in [5.41, 5.74) is 0.546. The fourth-order valence-corrected chi connectivity index (χ4v) is 2.29. The second kappa shape index (κ2) is 5.87. The maximum absolute atomic E-state index is 11.9. The molecule has 0 saturated carbocycles. The Bertz CT molecular complexity index is 609. The van der Waals surface area contributed by atoms with Crippen LogP contribution in [-0.4, -0.2) is 35.2 Å². The molecule has 0 spiro atoms. The van der Waals surface area contributed by atoms with E-state index in [2.05, 4.69) is 19.8 Å². The molecule has 0 unspecified atom stereocenters. The smallest absolute Gasteiger partial charge is 0.258 e. The molecule has 9 heteroatoms. The van der Waals surface area contributed by atoms with Crippen molar-refractivity contribution >= 4 is 10.0 Å². The van der Waals surface area contributed by atoms with Gasteiger partial charge in [-0.25, -0.2) is 18.1 Å². The number of rotatable bonds is 6. The van der Waals surface area contributed by atoms with Gasteiger partial charge < -0.3 is 9.63 Å². The second-order valence-corrected chi connectivity index (χ2v) is 5.36. The van der Waals surface area contributed by atoms with E-state index in [4.69, 9.17) is 9.63 Å². The van der Waals surface area contributed by atoms with E-state index in [0.29, 0.717) is 17.9 Å². The van der Waals surface area contributed by atoms with Gasteiger partial charge in [-0.3, -0.25) is 0 Å². The fourth-order valence-electron chi connectivity index (χ4n) is 1.34. The molecule has 0 fully saturated rings. The van der Waals surface area contributed by atoms with Crippen LogP contribution in [0.2, 0.25) is 0 Å². The third-order valence-electron chi connectivity index (χ3n) is 2.29. The Hall–Kier alpha value is -1.84. The van der Waals surface area contributed by atoms with Crippen molar-refractivity contribution in [1.29, 1.82) is 0 Å². The molecule has 0 aliphatic heterocycles. The molecule has 2 aromatic heterocycles. The molecule has 0 radical (unpaired) electrons. The van der Waals surface area contributed by atoms with Crippen LogP contribution in [0.4, 0.5) is 0 Å². The first kappa shape index (κ1) is 13.6. The topological polar surface area (TPSA) is 118 Å². The van der Waals surface area contributed by atoms with E-state index in [1.807, 2.05) is 0 Å². The van der Waals surface area contributed by atoms with Gasteiger partial charge in [0.25, 0.3) is 10.0 Å². The minimum absolute atomic E-state index is 0.102. The van der Waals surface area contributed by atoms with Crippen molar-refractivity contribution in [2.75, 3.05) is 6.54 Å². The molecule has 0 saturated heterocycles. The second-order valence-electron chi connectivity index (χ2n) is 3.65. The van der Waals surface area contributed by atoms with E-state index in [1.165, 1.54) is 24.7 Å². The van der Waals surface area contributed by atoms with Crippen molar-refractivity contribution in [3.63, 3.8) is 0 Å². The average molecular weight is 284 g/mol. The number of aromatic nitrogens is 3. The van der Waals surface area contributed by atoms with E-state index in [9.17, 15) is 8.42 Å². The molecule has 2 rings (SSSR count). The lowest BCUT2D eigenvalue weighted by Crippen LogP contribution is -2.26. The van der Waals surface area contributed by atoms with Crippen LogP contribution in [-0.2, 0) is 23.1 Å². The van der Waals surface area contributed by atoms with E-state index >= 15 is 0 Å². The van der Waals surface area contributed by atoms with E-state index in [1.54, 1.807) is 0 Å². The minimum Gasteiger partial charge on any atom is -0.392 e. The molecular weight excluding hydrogens is 272 g/mol. The van der Waals surface area contributed by atoms with Crippen LogP contribution in [0.15, 0.2) is 34.2 Å². The monoisotopic (exact) mass is 284 g/mol. The van der Waals surface area contributed by atoms with Crippen LogP contribution < -0.4 is 4.72 Å². The summed E-state index contributed by atoms with van der Waals surface area (Å²) >= 11 is 0. The van der Waals surface area contributed by atoms with Gasteiger partial charge in [0.2, 0.25) is 5.89 Å². The zero-order chi connectivity index (χ0) is 13.7. The minimum atomic E-state index is -3.67. The zero-order valence-electron chi connectivity index (χ0n) is 9.85. The molecule has 0 aromatic carbocycles. The molecule has 8 nitrogen and oxygen atoms in total. The highest BCUT2D eigenvalue weighted by molar-refractivity contribution is 7.89. The first-order valence-electron chi connectivity index (χ1n) is 5.43. The quantitative estimate of drug-likeness (QED) is 0.732. The van der Waals surface area contributed by atoms with Crippen molar-refractivity contribution in [2.45, 2.75) is 18.1 Å². The molecule has 0 aliphatic rings. The Labute approximate surface area is 109 Å². The maximum Gasteiger partial charge on any atom is 0.258 e. The van der Waals surface area contributed by atoms with Crippen molar-refractivity contribution in [3.8, 4) is 0 Å². The van der Waals surface area contributed by atoms with Gasteiger partial charge in [-0.05, 0) is 11.6 Å². The predicted octanol–water partition coefficient (Wildman–Crippen LogP) is -0.522. The Morgan fingerprint density at radius 3 is 2.74 bits per heavy atom. The fraction of sp³-hybridized carbons (Fsp3) is 0.300. The molecule has 0 aliphatic carbocycles. The van der Waals surface area contributed by atoms with Gasteiger partial charge in [0.1, 0.15) is 0 Å². The van der Waals surface area contributed by atoms with E-state index < -0.39 is 10.0 Å². The third kappa shape index (κ3) is 3.56. The summed E-state index contributed by atoms with van der Waals surface area (Å²) in [6, 6.07) is 2.83. The maximum atomic E-state index is 11.9. The number of nitrogens with one attached hydrogen (secondary N) is 1. The molecular formula is C10H12N4O4S. The van der Waals surface area contributed by atoms with Gasteiger partial charge >= 0.3 is 0 Å². The van der Waals surface area contributed by atoms with Gasteiger partial charge in [0, 0.05) is 19.2 Å². The van der Waals surface area contributed by atoms with Crippen LogP contribution in [0.5, 0.6) is 0 Å². The van der Waals surface area contributed by atoms with Crippen molar-refractivity contribution in [2.24, 2.45) is 0 Å². The summed E-state index contributed by atoms with van der Waals surface area (Å²) in [7, 11) is -3.67. The van der Waals surface area contributed by atoms with Crippen molar-refractivity contribution in [1.82, 2.24) is 19.8 Å².